The highest BCUT2D eigenvalue weighted by Gasteiger charge is 2.61. The van der Waals surface area contributed by atoms with E-state index in [9.17, 15) is 0 Å². The van der Waals surface area contributed by atoms with Gasteiger partial charge < -0.3 is 5.73 Å². The predicted molar refractivity (Wildman–Crippen MR) is 56.4 cm³/mol. The Morgan fingerprint density at radius 3 is 2.15 bits per heavy atom. The molecule has 76 valence electrons. The Labute approximate surface area is 82.1 Å². The molecule has 0 saturated heterocycles. The van der Waals surface area contributed by atoms with Crippen molar-refractivity contribution in [1.29, 1.82) is 0 Å². The molecule has 0 aromatic heterocycles. The minimum absolute atomic E-state index is 0.384. The molecule has 2 N–H and O–H groups in total. The third-order valence-corrected chi connectivity index (χ3v) is 5.50. The first-order valence-electron chi connectivity index (χ1n) is 5.65. The molecule has 0 unspecified atom stereocenters. The van der Waals surface area contributed by atoms with Crippen molar-refractivity contribution in [2.75, 3.05) is 0 Å². The Kier molecular flexibility index (Phi) is 1.83. The van der Waals surface area contributed by atoms with Gasteiger partial charge >= 0.3 is 0 Å². The fraction of sp³-hybridized carbons (Fsp3) is 1.00. The van der Waals surface area contributed by atoms with Crippen LogP contribution < -0.4 is 5.73 Å². The van der Waals surface area contributed by atoms with Crippen molar-refractivity contribution in [3.63, 3.8) is 0 Å². The zero-order chi connectivity index (χ0) is 9.85. The Morgan fingerprint density at radius 2 is 1.92 bits per heavy atom. The first kappa shape index (κ1) is 9.51. The summed E-state index contributed by atoms with van der Waals surface area (Å²) in [6.45, 7) is 9.56. The molecule has 2 fully saturated rings. The molecular formula is C12H23N. The largest absolute Gasteiger partial charge is 0.328 e. The minimum atomic E-state index is 0.384. The van der Waals surface area contributed by atoms with Crippen LogP contribution in [0, 0.1) is 22.7 Å². The fourth-order valence-corrected chi connectivity index (χ4v) is 4.06. The quantitative estimate of drug-likeness (QED) is 0.661. The second kappa shape index (κ2) is 2.50. The van der Waals surface area contributed by atoms with Crippen molar-refractivity contribution >= 4 is 0 Å². The highest BCUT2D eigenvalue weighted by atomic mass is 14.7. The van der Waals surface area contributed by atoms with Crippen LogP contribution in [0.3, 0.4) is 0 Å². The third-order valence-electron chi connectivity index (χ3n) is 5.50. The van der Waals surface area contributed by atoms with Gasteiger partial charge in [0.05, 0.1) is 0 Å². The summed E-state index contributed by atoms with van der Waals surface area (Å²) in [6.07, 6.45) is 4.21. The Morgan fingerprint density at radius 1 is 1.31 bits per heavy atom. The second-order valence-corrected chi connectivity index (χ2v) is 6.08. The molecule has 0 amide bonds. The molecule has 0 spiro atoms. The van der Waals surface area contributed by atoms with Crippen molar-refractivity contribution in [1.82, 2.24) is 0 Å². The molecule has 1 nitrogen and oxygen atoms in total. The summed E-state index contributed by atoms with van der Waals surface area (Å²) in [6, 6.07) is 0.384. The van der Waals surface area contributed by atoms with E-state index >= 15 is 0 Å². The molecule has 4 atom stereocenters. The molecule has 2 aliphatic carbocycles. The van der Waals surface area contributed by atoms with Gasteiger partial charge in [0.2, 0.25) is 0 Å². The van der Waals surface area contributed by atoms with Crippen LogP contribution in [0.4, 0.5) is 0 Å². The maximum Gasteiger partial charge on any atom is 0.00442 e. The molecule has 2 aliphatic rings. The average Bonchev–Trinajstić information content (AvgIpc) is 2.34. The van der Waals surface area contributed by atoms with Gasteiger partial charge in [-0.25, -0.2) is 0 Å². The van der Waals surface area contributed by atoms with Gasteiger partial charge in [0, 0.05) is 6.04 Å². The number of fused-ring (bicyclic) bond motifs is 2. The van der Waals surface area contributed by atoms with E-state index in [4.69, 9.17) is 5.73 Å². The van der Waals surface area contributed by atoms with Crippen molar-refractivity contribution in [2.24, 2.45) is 28.4 Å². The van der Waals surface area contributed by atoms with Gasteiger partial charge in [-0.3, -0.25) is 0 Å². The average molecular weight is 181 g/mol. The fourth-order valence-electron chi connectivity index (χ4n) is 4.06. The second-order valence-electron chi connectivity index (χ2n) is 6.08. The summed E-state index contributed by atoms with van der Waals surface area (Å²) >= 11 is 0. The van der Waals surface area contributed by atoms with Crippen molar-refractivity contribution in [3.05, 3.63) is 0 Å². The maximum atomic E-state index is 6.09. The van der Waals surface area contributed by atoms with E-state index in [1.807, 2.05) is 0 Å². The van der Waals surface area contributed by atoms with E-state index in [-0.39, 0.29) is 0 Å². The summed E-state index contributed by atoms with van der Waals surface area (Å²) in [4.78, 5) is 0. The van der Waals surface area contributed by atoms with E-state index in [1.165, 1.54) is 19.3 Å². The summed E-state index contributed by atoms with van der Waals surface area (Å²) < 4.78 is 0. The van der Waals surface area contributed by atoms with Gasteiger partial charge in [-0.1, -0.05) is 20.8 Å². The zero-order valence-corrected chi connectivity index (χ0v) is 9.43. The molecule has 1 heteroatoms. The highest BCUT2D eigenvalue weighted by Crippen LogP contribution is 2.68. The van der Waals surface area contributed by atoms with E-state index in [1.54, 1.807) is 0 Å². The van der Waals surface area contributed by atoms with Crippen molar-refractivity contribution in [2.45, 2.75) is 53.0 Å². The third kappa shape index (κ3) is 0.971. The van der Waals surface area contributed by atoms with E-state index in [0.717, 1.165) is 11.8 Å². The first-order valence-corrected chi connectivity index (χ1v) is 5.65. The van der Waals surface area contributed by atoms with Gasteiger partial charge in [-0.15, -0.1) is 0 Å². The zero-order valence-electron chi connectivity index (χ0n) is 9.43. The van der Waals surface area contributed by atoms with Crippen LogP contribution >= 0.6 is 0 Å². The Hall–Kier alpha value is -0.0400. The smallest absolute Gasteiger partial charge is 0.00442 e. The Bertz CT molecular complexity index is 219. The minimum Gasteiger partial charge on any atom is -0.328 e. The first-order chi connectivity index (χ1) is 5.89. The van der Waals surface area contributed by atoms with Gasteiger partial charge in [0.25, 0.3) is 0 Å². The van der Waals surface area contributed by atoms with E-state index in [0.29, 0.717) is 16.9 Å². The van der Waals surface area contributed by atoms with Crippen molar-refractivity contribution < 1.29 is 0 Å². The molecule has 2 bridgehead atoms. The SMILES string of the molecule is C[C@@H](N)[C@H]1C[C@H]2CC[C@]1(C)C2(C)C. The number of hydrogen-bond acceptors (Lipinski definition) is 1. The molecule has 0 aromatic carbocycles. The van der Waals surface area contributed by atoms with Crippen LogP contribution in [-0.2, 0) is 0 Å². The van der Waals surface area contributed by atoms with Crippen LogP contribution in [0.5, 0.6) is 0 Å². The lowest BCUT2D eigenvalue weighted by atomic mass is 9.65. The lowest BCUT2D eigenvalue weighted by molar-refractivity contribution is 0.0911. The molecule has 0 heterocycles. The van der Waals surface area contributed by atoms with E-state index < -0.39 is 0 Å². The van der Waals surface area contributed by atoms with Crippen LogP contribution in [-0.4, -0.2) is 6.04 Å². The van der Waals surface area contributed by atoms with E-state index in [2.05, 4.69) is 27.7 Å². The number of rotatable bonds is 1. The topological polar surface area (TPSA) is 26.0 Å². The summed E-state index contributed by atoms with van der Waals surface area (Å²) in [5.41, 5.74) is 7.14. The summed E-state index contributed by atoms with van der Waals surface area (Å²) in [5.74, 6) is 1.70. The molecule has 2 rings (SSSR count). The molecule has 0 aliphatic heterocycles. The molecule has 0 aromatic rings. The molecule has 13 heavy (non-hydrogen) atoms. The lowest BCUT2D eigenvalue weighted by Crippen LogP contribution is -2.40. The molecule has 0 radical (unpaired) electrons. The Balaban J connectivity index is 2.33. The summed E-state index contributed by atoms with van der Waals surface area (Å²) in [7, 11) is 0. The maximum absolute atomic E-state index is 6.09. The van der Waals surface area contributed by atoms with Gasteiger partial charge in [-0.2, -0.15) is 0 Å². The van der Waals surface area contributed by atoms with Gasteiger partial charge in [0.15, 0.2) is 0 Å². The van der Waals surface area contributed by atoms with Crippen LogP contribution in [0.2, 0.25) is 0 Å². The standard InChI is InChI=1S/C12H23N/c1-8(13)10-7-9-5-6-12(10,4)11(9,2)3/h8-10H,5-7,13H2,1-4H3/t8-,9-,10-,12+/m1/s1. The van der Waals surface area contributed by atoms with Gasteiger partial charge in [0.1, 0.15) is 0 Å². The monoisotopic (exact) mass is 181 g/mol. The normalized spacial score (nSPS) is 49.6. The van der Waals surface area contributed by atoms with Gasteiger partial charge in [-0.05, 0) is 48.9 Å². The molecule has 2 saturated carbocycles. The predicted octanol–water partition coefficient (Wildman–Crippen LogP) is 2.80. The van der Waals surface area contributed by atoms with Crippen molar-refractivity contribution in [3.8, 4) is 0 Å². The lowest BCUT2D eigenvalue weighted by Gasteiger charge is -2.41. The number of nitrogens with two attached hydrogens (primary N) is 1. The van der Waals surface area contributed by atoms with Crippen LogP contribution in [0.1, 0.15) is 47.0 Å². The highest BCUT2D eigenvalue weighted by molar-refractivity contribution is 5.11. The van der Waals surface area contributed by atoms with Crippen LogP contribution in [0.15, 0.2) is 0 Å². The van der Waals surface area contributed by atoms with Crippen LogP contribution in [0.25, 0.3) is 0 Å². The number of hydrogen-bond donors (Lipinski definition) is 1. The summed E-state index contributed by atoms with van der Waals surface area (Å²) in [5, 5.41) is 0. The molecular weight excluding hydrogens is 158 g/mol.